The van der Waals surface area contributed by atoms with Crippen molar-refractivity contribution >= 4 is 17.5 Å². The Morgan fingerprint density at radius 1 is 1.50 bits per heavy atom. The van der Waals surface area contributed by atoms with Crippen molar-refractivity contribution in [2.45, 2.75) is 13.0 Å². The summed E-state index contributed by atoms with van der Waals surface area (Å²) in [5, 5.41) is 0. The second-order valence-corrected chi connectivity index (χ2v) is 3.85. The van der Waals surface area contributed by atoms with Crippen LogP contribution in [0, 0.1) is 11.6 Å². The molecule has 0 spiro atoms. The molecule has 0 fully saturated rings. The number of halogens is 3. The van der Waals surface area contributed by atoms with Gasteiger partial charge in [-0.2, -0.15) is 0 Å². The van der Waals surface area contributed by atoms with Gasteiger partial charge in [-0.25, -0.2) is 8.78 Å². The van der Waals surface area contributed by atoms with E-state index in [1.54, 1.807) is 6.92 Å². The lowest BCUT2D eigenvalue weighted by atomic mass is 10.1. The molecule has 16 heavy (non-hydrogen) atoms. The Morgan fingerprint density at radius 3 is 2.69 bits per heavy atom. The van der Waals surface area contributed by atoms with Crippen molar-refractivity contribution < 1.29 is 13.6 Å². The summed E-state index contributed by atoms with van der Waals surface area (Å²) in [6, 6.07) is 2.55. The molecule has 0 aliphatic rings. The second kappa shape index (κ2) is 5.25. The molecule has 0 heterocycles. The topological polar surface area (TPSA) is 20.3 Å². The van der Waals surface area contributed by atoms with Gasteiger partial charge in [0, 0.05) is 19.0 Å². The highest BCUT2D eigenvalue weighted by Crippen LogP contribution is 2.13. The molecule has 1 rings (SSSR count). The van der Waals surface area contributed by atoms with Crippen LogP contribution in [0.2, 0.25) is 0 Å². The number of carbonyl (C=O) groups excluding carboxylic acids is 1. The molecule has 0 radical (unpaired) electrons. The second-order valence-electron chi connectivity index (χ2n) is 3.54. The minimum absolute atomic E-state index is 0.235. The number of alkyl halides is 1. The van der Waals surface area contributed by atoms with E-state index in [2.05, 4.69) is 0 Å². The van der Waals surface area contributed by atoms with Crippen LogP contribution < -0.4 is 0 Å². The van der Waals surface area contributed by atoms with E-state index in [1.807, 2.05) is 0 Å². The van der Waals surface area contributed by atoms with Crippen LogP contribution in [0.1, 0.15) is 17.3 Å². The van der Waals surface area contributed by atoms with Crippen molar-refractivity contribution in [3.63, 3.8) is 0 Å². The first kappa shape index (κ1) is 12.9. The van der Waals surface area contributed by atoms with Crippen LogP contribution in [0.5, 0.6) is 0 Å². The fraction of sp³-hybridized carbons (Fsp3) is 0.364. The molecule has 0 aliphatic carbocycles. The number of benzene rings is 1. The van der Waals surface area contributed by atoms with Crippen molar-refractivity contribution in [1.82, 2.24) is 4.90 Å². The number of carbonyl (C=O) groups is 1. The van der Waals surface area contributed by atoms with Gasteiger partial charge >= 0.3 is 0 Å². The molecule has 1 aromatic rings. The number of hydrogen-bond donors (Lipinski definition) is 0. The van der Waals surface area contributed by atoms with Crippen LogP contribution >= 0.6 is 11.6 Å². The molecule has 1 unspecified atom stereocenters. The van der Waals surface area contributed by atoms with Gasteiger partial charge < -0.3 is 4.90 Å². The molecular weight excluding hydrogens is 236 g/mol. The molecule has 0 aliphatic heterocycles. The third-order valence-electron chi connectivity index (χ3n) is 2.36. The normalized spacial score (nSPS) is 12.3. The molecule has 0 aromatic heterocycles. The number of nitrogens with zero attached hydrogens (tertiary/aromatic N) is 1. The molecule has 0 bridgehead atoms. The lowest BCUT2D eigenvalue weighted by Crippen LogP contribution is -2.36. The maximum Gasteiger partial charge on any atom is 0.256 e. The summed E-state index contributed by atoms with van der Waals surface area (Å²) in [5.74, 6) is -1.72. The maximum atomic E-state index is 13.3. The average molecular weight is 248 g/mol. The Hall–Kier alpha value is -1.16. The number of amides is 1. The Morgan fingerprint density at radius 2 is 2.12 bits per heavy atom. The summed E-state index contributed by atoms with van der Waals surface area (Å²) in [7, 11) is 1.50. The lowest BCUT2D eigenvalue weighted by molar-refractivity contribution is 0.0751. The molecule has 0 saturated carbocycles. The molecule has 1 amide bonds. The Bertz CT molecular complexity index is 398. The first-order valence-electron chi connectivity index (χ1n) is 4.75. The first-order chi connectivity index (χ1) is 7.47. The van der Waals surface area contributed by atoms with Crippen molar-refractivity contribution in [3.05, 3.63) is 35.4 Å². The largest absolute Gasteiger partial charge is 0.338 e. The third-order valence-corrected chi connectivity index (χ3v) is 2.81. The van der Waals surface area contributed by atoms with Crippen molar-refractivity contribution in [2.24, 2.45) is 0 Å². The van der Waals surface area contributed by atoms with Crippen LogP contribution in [-0.4, -0.2) is 29.8 Å². The summed E-state index contributed by atoms with van der Waals surface area (Å²) in [4.78, 5) is 13.1. The molecule has 5 heteroatoms. The predicted molar refractivity (Wildman–Crippen MR) is 58.6 cm³/mol. The van der Waals surface area contributed by atoms with Gasteiger partial charge in [-0.3, -0.25) is 4.79 Å². The SMILES string of the molecule is CC(CCl)N(C)C(=O)c1cc(F)ccc1F. The fourth-order valence-corrected chi connectivity index (χ4v) is 1.36. The van der Waals surface area contributed by atoms with Gasteiger partial charge in [0.05, 0.1) is 5.56 Å². The Kier molecular flexibility index (Phi) is 4.24. The molecule has 0 saturated heterocycles. The molecular formula is C11H12ClF2NO. The molecule has 1 aromatic carbocycles. The van der Waals surface area contributed by atoms with Crippen LogP contribution in [0.25, 0.3) is 0 Å². The molecule has 1 atom stereocenters. The van der Waals surface area contributed by atoms with Crippen molar-refractivity contribution in [1.29, 1.82) is 0 Å². The molecule has 88 valence electrons. The van der Waals surface area contributed by atoms with Gasteiger partial charge in [-0.05, 0) is 25.1 Å². The Labute approximate surface area is 97.8 Å². The highest BCUT2D eigenvalue weighted by molar-refractivity contribution is 6.18. The first-order valence-corrected chi connectivity index (χ1v) is 5.29. The van der Waals surface area contributed by atoms with Crippen molar-refractivity contribution in [2.75, 3.05) is 12.9 Å². The zero-order valence-corrected chi connectivity index (χ0v) is 9.76. The summed E-state index contributed by atoms with van der Waals surface area (Å²) in [6.45, 7) is 1.72. The van der Waals surface area contributed by atoms with Crippen molar-refractivity contribution in [3.8, 4) is 0 Å². The summed E-state index contributed by atoms with van der Waals surface area (Å²) in [5.41, 5.74) is -0.278. The van der Waals surface area contributed by atoms with Crippen LogP contribution in [0.15, 0.2) is 18.2 Å². The molecule has 0 N–H and O–H groups in total. The van der Waals surface area contributed by atoms with Gasteiger partial charge in [-0.1, -0.05) is 0 Å². The number of rotatable bonds is 3. The van der Waals surface area contributed by atoms with E-state index < -0.39 is 17.5 Å². The van der Waals surface area contributed by atoms with Crippen LogP contribution in [0.3, 0.4) is 0 Å². The highest BCUT2D eigenvalue weighted by Gasteiger charge is 2.20. The van der Waals surface area contributed by atoms with E-state index in [4.69, 9.17) is 11.6 Å². The number of hydrogen-bond acceptors (Lipinski definition) is 1. The molecule has 2 nitrogen and oxygen atoms in total. The van der Waals surface area contributed by atoms with E-state index in [-0.39, 0.29) is 17.5 Å². The van der Waals surface area contributed by atoms with E-state index >= 15 is 0 Å². The van der Waals surface area contributed by atoms with Gasteiger partial charge in [0.15, 0.2) is 0 Å². The van der Waals surface area contributed by atoms with E-state index in [1.165, 1.54) is 11.9 Å². The minimum Gasteiger partial charge on any atom is -0.338 e. The standard InChI is InChI=1S/C11H12ClF2NO/c1-7(6-12)15(2)11(16)9-5-8(13)3-4-10(9)14/h3-5,7H,6H2,1-2H3. The average Bonchev–Trinajstić information content (AvgIpc) is 2.29. The summed E-state index contributed by atoms with van der Waals surface area (Å²) in [6.07, 6.45) is 0. The minimum atomic E-state index is -0.736. The Balaban J connectivity index is 3.00. The smallest absolute Gasteiger partial charge is 0.256 e. The van der Waals surface area contributed by atoms with Crippen LogP contribution in [0.4, 0.5) is 8.78 Å². The maximum absolute atomic E-state index is 13.3. The third kappa shape index (κ3) is 2.70. The monoisotopic (exact) mass is 247 g/mol. The quantitative estimate of drug-likeness (QED) is 0.752. The highest BCUT2D eigenvalue weighted by atomic mass is 35.5. The zero-order chi connectivity index (χ0) is 12.3. The van der Waals surface area contributed by atoms with Crippen LogP contribution in [-0.2, 0) is 0 Å². The summed E-state index contributed by atoms with van der Waals surface area (Å²) >= 11 is 5.59. The summed E-state index contributed by atoms with van der Waals surface area (Å²) < 4.78 is 26.2. The van der Waals surface area contributed by atoms with Gasteiger partial charge in [0.25, 0.3) is 5.91 Å². The lowest BCUT2D eigenvalue weighted by Gasteiger charge is -2.23. The van der Waals surface area contributed by atoms with E-state index in [0.717, 1.165) is 18.2 Å². The van der Waals surface area contributed by atoms with Gasteiger partial charge in [0.1, 0.15) is 11.6 Å². The van der Waals surface area contributed by atoms with Gasteiger partial charge in [0.2, 0.25) is 0 Å². The predicted octanol–water partition coefficient (Wildman–Crippen LogP) is 2.66. The zero-order valence-electron chi connectivity index (χ0n) is 9.01. The van der Waals surface area contributed by atoms with E-state index in [0.29, 0.717) is 0 Å². The fourth-order valence-electron chi connectivity index (χ4n) is 1.16. The van der Waals surface area contributed by atoms with Gasteiger partial charge in [-0.15, -0.1) is 11.6 Å². The van der Waals surface area contributed by atoms with E-state index in [9.17, 15) is 13.6 Å².